The van der Waals surface area contributed by atoms with Crippen LogP contribution in [0.5, 0.6) is 40.2 Å². The molecular formula is C84H126ClF3IN18NaO37Zn. The first-order valence-corrected chi connectivity index (χ1v) is 38.5. The Morgan fingerprint density at radius 1 is 0.445 bits per heavy atom. The zero-order valence-corrected chi connectivity index (χ0v) is 86.6. The van der Waals surface area contributed by atoms with Crippen molar-refractivity contribution < 1.29 is 212 Å². The molecule has 0 saturated heterocycles. The number of esters is 1. The molecule has 0 fully saturated rings. The third-order valence-corrected chi connectivity index (χ3v) is 14.6. The van der Waals surface area contributed by atoms with Gasteiger partial charge >= 0.3 is 100.0 Å². The fourth-order valence-electron chi connectivity index (χ4n) is 8.94. The number of phenols is 1. The van der Waals surface area contributed by atoms with E-state index in [2.05, 4.69) is 68.0 Å². The molecular weight excluding hydrogens is 2160 g/mol. The minimum atomic E-state index is -4.64. The molecule has 9 rings (SSSR count). The summed E-state index contributed by atoms with van der Waals surface area (Å²) in [5.74, 6) is 0.494. The minimum Gasteiger partial charge on any atom is -0.870 e. The smallest absolute Gasteiger partial charge is 0.870 e. The van der Waals surface area contributed by atoms with E-state index in [-0.39, 0.29) is 209 Å². The third-order valence-electron chi connectivity index (χ3n) is 14.6. The van der Waals surface area contributed by atoms with Gasteiger partial charge in [0.15, 0.2) is 11.5 Å². The largest absolute Gasteiger partial charge is 1.00 e. The van der Waals surface area contributed by atoms with E-state index in [1.807, 2.05) is 36.3 Å². The molecule has 55 nitrogen and oxygen atoms in total. The van der Waals surface area contributed by atoms with E-state index in [1.54, 1.807) is 88.9 Å². The van der Waals surface area contributed by atoms with Crippen LogP contribution in [0.25, 0.3) is 22.9 Å². The number of nitrogens with one attached hydrogen (secondary N) is 3. The number of carbonyl (C=O) groups excluding carboxylic acids is 6. The van der Waals surface area contributed by atoms with Gasteiger partial charge in [0.05, 0.1) is 107 Å². The van der Waals surface area contributed by atoms with Crippen molar-refractivity contribution in [3.63, 3.8) is 0 Å². The Labute approximate surface area is 892 Å². The van der Waals surface area contributed by atoms with Gasteiger partial charge in [0.1, 0.15) is 27.9 Å². The molecule has 0 aliphatic rings. The van der Waals surface area contributed by atoms with Crippen LogP contribution < -0.4 is 104 Å². The number of rotatable bonds is 21. The van der Waals surface area contributed by atoms with E-state index < -0.39 is 118 Å². The van der Waals surface area contributed by atoms with Crippen molar-refractivity contribution in [3.8, 4) is 63.2 Å². The Balaban J connectivity index is -0.000000111. The number of hydrazine groups is 2. The average molecular weight is 2290 g/mol. The molecule has 7 aromatic carbocycles. The van der Waals surface area contributed by atoms with Crippen molar-refractivity contribution in [2.45, 2.75) is 137 Å². The number of carbonyl (C=O) groups is 8. The number of nitrogens with zero attached hydrogens (tertiary/aromatic N) is 10. The Hall–Kier alpha value is -14.6. The van der Waals surface area contributed by atoms with Crippen LogP contribution in [0.15, 0.2) is 136 Å². The van der Waals surface area contributed by atoms with Crippen LogP contribution in [0.1, 0.15) is 164 Å². The Morgan fingerprint density at radius 3 is 0.979 bits per heavy atom. The van der Waals surface area contributed by atoms with Gasteiger partial charge < -0.3 is 106 Å². The van der Waals surface area contributed by atoms with Crippen molar-refractivity contribution in [2.24, 2.45) is 11.6 Å². The molecule has 2 heterocycles. The Kier molecular flexibility index (Phi) is 88.6. The van der Waals surface area contributed by atoms with Crippen molar-refractivity contribution >= 4 is 123 Å². The van der Waals surface area contributed by atoms with Gasteiger partial charge in [-0.05, 0) is 109 Å². The predicted molar refractivity (Wildman–Crippen MR) is 530 cm³/mol. The summed E-state index contributed by atoms with van der Waals surface area (Å²) < 4.78 is 94.9. The van der Waals surface area contributed by atoms with Crippen LogP contribution >= 0.6 is 35.0 Å². The summed E-state index contributed by atoms with van der Waals surface area (Å²) in [6, 6.07) is 28.9. The summed E-state index contributed by atoms with van der Waals surface area (Å²) >= 11 is 2.15. The Bertz CT molecular complexity index is 5380. The van der Waals surface area contributed by atoms with Gasteiger partial charge in [-0.25, -0.2) is 35.2 Å². The SMILES string of the molecule is C.C.C.C.C.C.CC(C)(C)OC(N)=O.CI.COC(=O)c1cccc([N+](=O)[O-])c1OC.COC(C)(C)OC.COc1c(-c2nnc(C)o2)cccc1[N+](=O)[O-].COc1c(C(=O)NN)cccc1[N+](=O)[O-].COc1c(C(=O)NNC(=O)OC(C)(C)C)cccc1[N+](=O)[O-].COc1c(C(=O)O)cccc1[N+](=O)[O-].COc1c(N)cccc1-c1nnc(C)o1.Cl.N.N.O=C(O)c1cccc([N+](=O)[O-])c1O.O=CC(F)(F)F.[Na+].[OH-].[Zn]. The second-order valence-electron chi connectivity index (χ2n) is 26.3. The molecule has 146 heavy (non-hydrogen) atoms. The summed E-state index contributed by atoms with van der Waals surface area (Å²) in [6.07, 6.45) is -7.28. The molecule has 9 aromatic rings. The van der Waals surface area contributed by atoms with E-state index in [4.69, 9.17) is 84.2 Å². The number of aldehydes is 1. The fraction of sp³-hybridized carbons (Fsp3) is 0.357. The second kappa shape index (κ2) is 79.8. The molecule has 0 bridgehead atoms. The number of nitrogens with two attached hydrogens (primary N) is 3. The van der Waals surface area contributed by atoms with Crippen LogP contribution in [0.2, 0.25) is 0 Å². The van der Waals surface area contributed by atoms with Gasteiger partial charge in [-0.15, -0.1) is 32.8 Å². The van der Waals surface area contributed by atoms with E-state index in [1.165, 1.54) is 134 Å². The number of nitro benzene ring substituents is 6. The number of ether oxygens (including phenoxy) is 11. The number of aromatic nitrogens is 4. The van der Waals surface area contributed by atoms with E-state index in [9.17, 15) is 107 Å². The molecule has 62 heteroatoms. The molecule has 0 unspecified atom stereocenters. The van der Waals surface area contributed by atoms with Gasteiger partial charge in [0.2, 0.25) is 52.6 Å². The number of hydrogen-bond acceptors (Lipinski definition) is 43. The maximum atomic E-state index is 12.0. The molecule has 2 aromatic heterocycles. The topological polar surface area (TPSA) is 850 Å². The number of benzene rings is 7. The minimum absolute atomic E-state index is 0. The average Bonchev–Trinajstić information content (AvgIpc) is 1.71. The molecule has 0 spiro atoms. The summed E-state index contributed by atoms with van der Waals surface area (Å²) in [5.41, 5.74) is 14.3. The van der Waals surface area contributed by atoms with Gasteiger partial charge in [-0.2, -0.15) is 13.2 Å². The number of anilines is 1. The van der Waals surface area contributed by atoms with E-state index in [0.717, 1.165) is 12.1 Å². The molecule has 0 atom stereocenters. The first kappa shape index (κ1) is 162. The normalized spacial score (nSPS) is 9.21. The number of aromatic hydroxyl groups is 1. The number of hydrogen-bond donors (Lipinski definition) is 11. The zero-order valence-electron chi connectivity index (χ0n) is 78.7. The van der Waals surface area contributed by atoms with Crippen LogP contribution in [0.3, 0.4) is 0 Å². The number of carboxylic acids is 2. The number of alkyl halides is 4. The summed E-state index contributed by atoms with van der Waals surface area (Å²) in [6.45, 7) is 17.4. The summed E-state index contributed by atoms with van der Waals surface area (Å²) in [5, 5.41) is 105. The molecule has 19 N–H and O–H groups in total. The second-order valence-corrected chi connectivity index (χ2v) is 26.3. The van der Waals surface area contributed by atoms with Gasteiger partial charge in [-0.3, -0.25) is 85.9 Å². The van der Waals surface area contributed by atoms with Crippen molar-refractivity contribution in [2.75, 3.05) is 74.7 Å². The standard InChI is InChI=1S/C13H17N3O6.C10H9N3O4.C10H11N3O2.C9H9NO5.C8H9N3O4.C8H7NO5.C7H5NO5.C5H11NO2.C5H12O2.C2HF3O.CH3I.6CH4.ClH.2H3N.Na.H2O.Zn/c1-13(2,3)22-12(18)15-14-11(17)8-6-5-7-9(16(19)20)10(8)21-4;1-6-11-12-10(17-6)7-4-3-5-8(13(14)15)9(7)16-2;1-6-12-13-10(15-6)7-4-3-5-8(11)9(7)14-2;1-14-8-6(9(11)15-2)4-3-5-7(8)10(12)13;1-15-7-5(8(12)10-9)3-2-4-6(7)11(13)14;1-14-7-5(8(10)11)3-2-4-6(7)9(12)13;9-6-4(7(10)11)2-1-3-5(6)8(12)13;1-5(2,3)8-4(6)7;1-5(2,6-3)7-4;3-2(4,5)1-6;1-2;;;;;;;;;;;;/h5-7H,1-4H3,(H,14,17)(H,15,18);3-5H,1-2H3;3-5H,11H2,1-2H3;3-5H,1-2H3;2-4H,9H2,1H3,(H,10,12);2-4H,1H3,(H,10,11);1-3,9H,(H,10,11);1-3H3,(H2,6,7);1-4H3;1H;1H3;6*1H4;1H;2*1H3;;1H2;/q;;;;;;;;;;;;;;;;;;;;+1;;/p-1. The van der Waals surface area contributed by atoms with Gasteiger partial charge in [0, 0.05) is 83.9 Å². The molecule has 0 saturated carbocycles. The quantitative estimate of drug-likeness (QED) is 0.00259. The number of nitro groups is 6. The number of aryl methyl sites for hydroxylation is 2. The van der Waals surface area contributed by atoms with E-state index >= 15 is 0 Å². The molecule has 0 aliphatic heterocycles. The first-order chi connectivity index (χ1) is 62.4. The van der Waals surface area contributed by atoms with E-state index in [0.29, 0.717) is 40.2 Å². The maximum absolute atomic E-state index is 12.0. The number of nitrogen functional groups attached to an aromatic ring is 2. The third kappa shape index (κ3) is 57.0. The van der Waals surface area contributed by atoms with Crippen LogP contribution in [-0.2, 0) is 48.0 Å². The molecule has 812 valence electrons. The first-order valence-electron chi connectivity index (χ1n) is 36.4. The number of halogens is 5. The molecule has 0 aliphatic carbocycles. The monoisotopic (exact) mass is 2280 g/mol. The van der Waals surface area contributed by atoms with Crippen LogP contribution in [-0.4, -0.2) is 211 Å². The molecule has 0 radical (unpaired) electrons. The Morgan fingerprint density at radius 2 is 0.719 bits per heavy atom. The van der Waals surface area contributed by atoms with Crippen LogP contribution in [0, 0.1) is 74.5 Å². The molecule has 4 amide bonds. The summed E-state index contributed by atoms with van der Waals surface area (Å²) in [4.78, 5) is 147. The predicted octanol–water partition coefficient (Wildman–Crippen LogP) is 14.3. The number of methoxy groups -OCH3 is 9. The number of carboxylic acid groups (broad SMARTS) is 2. The fourth-order valence-corrected chi connectivity index (χ4v) is 8.94. The van der Waals surface area contributed by atoms with Gasteiger partial charge in [0.25, 0.3) is 23.6 Å². The van der Waals surface area contributed by atoms with Gasteiger partial charge in [-0.1, -0.05) is 110 Å². The summed E-state index contributed by atoms with van der Waals surface area (Å²) in [7, 11) is 12.2. The number of primary amides is 1. The number of para-hydroxylation sites is 7. The number of aromatic carboxylic acids is 2. The van der Waals surface area contributed by atoms with Crippen molar-refractivity contribution in [3.05, 3.63) is 228 Å². The zero-order chi connectivity index (χ0) is 104. The van der Waals surface area contributed by atoms with Crippen LogP contribution in [0.4, 0.5) is 62.6 Å². The maximum Gasteiger partial charge on any atom is 1.00 e. The van der Waals surface area contributed by atoms with Crippen molar-refractivity contribution in [1.82, 2.24) is 49.0 Å². The van der Waals surface area contributed by atoms with Crippen molar-refractivity contribution in [1.29, 1.82) is 0 Å². The number of amides is 4.